The molecule has 8 nitrogen and oxygen atoms in total. The van der Waals surface area contributed by atoms with Crippen molar-refractivity contribution in [2.24, 2.45) is 11.1 Å². The van der Waals surface area contributed by atoms with Gasteiger partial charge in [0.1, 0.15) is 27.4 Å². The zero-order valence-corrected chi connectivity index (χ0v) is 20.1. The number of H-pyrrole nitrogens is 1. The molecule has 1 spiro atoms. The monoisotopic (exact) mass is 515 g/mol. The number of amides is 1. The molecule has 3 N–H and O–H groups in total. The summed E-state index contributed by atoms with van der Waals surface area (Å²) < 4.78 is 38.6. The van der Waals surface area contributed by atoms with Crippen LogP contribution in [0, 0.1) is 5.41 Å². The number of primary amides is 1. The highest BCUT2D eigenvalue weighted by atomic mass is 32.1. The molecule has 6 rings (SSSR count). The van der Waals surface area contributed by atoms with Gasteiger partial charge in [-0.3, -0.25) is 9.69 Å². The normalized spacial score (nSPS) is 20.9. The Kier molecular flexibility index (Phi) is 5.41. The third-order valence-electron chi connectivity index (χ3n) is 7.19. The van der Waals surface area contributed by atoms with E-state index in [1.54, 1.807) is 6.07 Å². The summed E-state index contributed by atoms with van der Waals surface area (Å²) in [5.74, 6) is 0.151. The molecule has 0 saturated carbocycles. The van der Waals surface area contributed by atoms with Gasteiger partial charge in [-0.2, -0.15) is 13.2 Å². The number of carbonyl (C=O) groups is 1. The van der Waals surface area contributed by atoms with Crippen LogP contribution in [0.2, 0.25) is 0 Å². The summed E-state index contributed by atoms with van der Waals surface area (Å²) in [6.07, 6.45) is -1.90. The second kappa shape index (κ2) is 8.41. The Morgan fingerprint density at radius 1 is 1.17 bits per heavy atom. The topological polar surface area (TPSA) is 104 Å². The SMILES string of the molecule is NC(=O)c1cc2ccc(CN3CC[C@@]4(CCN(c5ncnc6sc(CC(F)(F)F)nc56)C4)C3)cc2[nH]1. The number of nitrogens with one attached hydrogen (secondary N) is 1. The maximum atomic E-state index is 12.9. The minimum absolute atomic E-state index is 0.0159. The third kappa shape index (κ3) is 4.39. The number of halogens is 3. The molecule has 1 amide bonds. The van der Waals surface area contributed by atoms with Crippen LogP contribution in [-0.4, -0.2) is 63.1 Å². The number of aromatic nitrogens is 4. The third-order valence-corrected chi connectivity index (χ3v) is 8.15. The van der Waals surface area contributed by atoms with Crippen LogP contribution in [0.1, 0.15) is 33.9 Å². The van der Waals surface area contributed by atoms with Crippen LogP contribution in [0.5, 0.6) is 0 Å². The van der Waals surface area contributed by atoms with Crippen molar-refractivity contribution in [1.29, 1.82) is 0 Å². The number of aromatic amines is 1. The van der Waals surface area contributed by atoms with E-state index in [4.69, 9.17) is 5.73 Å². The molecule has 2 aliphatic heterocycles. The Morgan fingerprint density at radius 3 is 2.81 bits per heavy atom. The van der Waals surface area contributed by atoms with Crippen molar-refractivity contribution >= 4 is 44.3 Å². The number of nitrogens with two attached hydrogens (primary N) is 1. The zero-order chi connectivity index (χ0) is 25.1. The Labute approximate surface area is 208 Å². The van der Waals surface area contributed by atoms with Crippen LogP contribution in [0.3, 0.4) is 0 Å². The van der Waals surface area contributed by atoms with E-state index in [2.05, 4.69) is 41.9 Å². The molecular formula is C24H24F3N7OS. The molecule has 1 aromatic carbocycles. The van der Waals surface area contributed by atoms with Gasteiger partial charge in [-0.15, -0.1) is 0 Å². The van der Waals surface area contributed by atoms with Gasteiger partial charge in [-0.1, -0.05) is 23.5 Å². The number of hydrogen-bond donors (Lipinski definition) is 2. The van der Waals surface area contributed by atoms with Gasteiger partial charge >= 0.3 is 6.18 Å². The molecule has 36 heavy (non-hydrogen) atoms. The van der Waals surface area contributed by atoms with Crippen LogP contribution < -0.4 is 10.6 Å². The minimum Gasteiger partial charge on any atom is -0.364 e. The number of thiazole rings is 1. The van der Waals surface area contributed by atoms with Crippen LogP contribution in [-0.2, 0) is 13.0 Å². The number of alkyl halides is 3. The van der Waals surface area contributed by atoms with Gasteiger partial charge in [0, 0.05) is 42.5 Å². The molecular weight excluding hydrogens is 491 g/mol. The molecule has 3 aromatic heterocycles. The number of likely N-dealkylation sites (tertiary alicyclic amines) is 1. The van der Waals surface area contributed by atoms with E-state index in [0.29, 0.717) is 21.9 Å². The highest BCUT2D eigenvalue weighted by Crippen LogP contribution is 2.42. The lowest BCUT2D eigenvalue weighted by Crippen LogP contribution is -2.31. The van der Waals surface area contributed by atoms with E-state index in [1.807, 2.05) is 6.07 Å². The quantitative estimate of drug-likeness (QED) is 0.418. The van der Waals surface area contributed by atoms with Gasteiger partial charge in [0.2, 0.25) is 0 Å². The van der Waals surface area contributed by atoms with Crippen LogP contribution in [0.15, 0.2) is 30.6 Å². The van der Waals surface area contributed by atoms with Crippen molar-refractivity contribution in [3.05, 3.63) is 46.9 Å². The fraction of sp³-hybridized carbons (Fsp3) is 0.417. The average Bonchev–Trinajstić information content (AvgIpc) is 3.58. The second-order valence-corrected chi connectivity index (χ2v) is 10.9. The fourth-order valence-corrected chi connectivity index (χ4v) is 6.47. The highest BCUT2D eigenvalue weighted by Gasteiger charge is 2.44. The fourth-order valence-electron chi connectivity index (χ4n) is 5.54. The Balaban J connectivity index is 1.16. The smallest absolute Gasteiger partial charge is 0.364 e. The number of nitrogens with zero attached hydrogens (tertiary/aromatic N) is 5. The van der Waals surface area contributed by atoms with Crippen molar-refractivity contribution in [3.8, 4) is 0 Å². The molecule has 5 heterocycles. The maximum absolute atomic E-state index is 12.9. The van der Waals surface area contributed by atoms with Gasteiger partial charge in [0.15, 0.2) is 5.82 Å². The van der Waals surface area contributed by atoms with Crippen molar-refractivity contribution in [2.45, 2.75) is 32.0 Å². The number of fused-ring (bicyclic) bond motifs is 2. The summed E-state index contributed by atoms with van der Waals surface area (Å²) in [5.41, 5.74) is 8.40. The first-order valence-electron chi connectivity index (χ1n) is 11.7. The van der Waals surface area contributed by atoms with Crippen LogP contribution >= 0.6 is 11.3 Å². The summed E-state index contributed by atoms with van der Waals surface area (Å²) >= 11 is 0.981. The Morgan fingerprint density at radius 2 is 2.00 bits per heavy atom. The van der Waals surface area contributed by atoms with Gasteiger partial charge in [0.25, 0.3) is 5.91 Å². The van der Waals surface area contributed by atoms with E-state index in [-0.39, 0.29) is 10.4 Å². The molecule has 0 unspecified atom stereocenters. The van der Waals surface area contributed by atoms with Gasteiger partial charge in [-0.25, -0.2) is 15.0 Å². The summed E-state index contributed by atoms with van der Waals surface area (Å²) in [4.78, 5) is 32.4. The number of anilines is 1. The van der Waals surface area contributed by atoms with Crippen LogP contribution in [0.4, 0.5) is 19.0 Å². The molecule has 0 aliphatic carbocycles. The average molecular weight is 516 g/mol. The van der Waals surface area contributed by atoms with E-state index in [0.717, 1.165) is 73.4 Å². The zero-order valence-electron chi connectivity index (χ0n) is 19.3. The van der Waals surface area contributed by atoms with Gasteiger partial charge in [0.05, 0.1) is 6.42 Å². The van der Waals surface area contributed by atoms with Gasteiger partial charge < -0.3 is 15.6 Å². The predicted octanol–water partition coefficient (Wildman–Crippen LogP) is 3.87. The summed E-state index contributed by atoms with van der Waals surface area (Å²) in [5, 5.41) is 0.968. The second-order valence-electron chi connectivity index (χ2n) is 9.85. The summed E-state index contributed by atoms with van der Waals surface area (Å²) in [6, 6.07) is 7.90. The van der Waals surface area contributed by atoms with E-state index < -0.39 is 18.5 Å². The molecule has 2 saturated heterocycles. The highest BCUT2D eigenvalue weighted by molar-refractivity contribution is 7.18. The van der Waals surface area contributed by atoms with Crippen LogP contribution in [0.25, 0.3) is 21.3 Å². The maximum Gasteiger partial charge on any atom is 0.395 e. The molecule has 2 fully saturated rings. The summed E-state index contributed by atoms with van der Waals surface area (Å²) in [7, 11) is 0. The van der Waals surface area contributed by atoms with E-state index in [9.17, 15) is 18.0 Å². The first kappa shape index (κ1) is 23.2. The first-order chi connectivity index (χ1) is 17.2. The number of rotatable bonds is 5. The molecule has 188 valence electrons. The minimum atomic E-state index is -4.30. The molecule has 0 bridgehead atoms. The largest absolute Gasteiger partial charge is 0.395 e. The van der Waals surface area contributed by atoms with Crippen molar-refractivity contribution in [3.63, 3.8) is 0 Å². The lowest BCUT2D eigenvalue weighted by molar-refractivity contribution is -0.127. The molecule has 12 heteroatoms. The predicted molar refractivity (Wildman–Crippen MR) is 131 cm³/mol. The molecule has 0 radical (unpaired) electrons. The first-order valence-corrected chi connectivity index (χ1v) is 12.5. The lowest BCUT2D eigenvalue weighted by Gasteiger charge is -2.25. The molecule has 2 aliphatic rings. The lowest BCUT2D eigenvalue weighted by atomic mass is 9.86. The number of benzene rings is 1. The van der Waals surface area contributed by atoms with Crippen molar-refractivity contribution < 1.29 is 18.0 Å². The number of carbonyl (C=O) groups excluding carboxylic acids is 1. The Bertz CT molecular complexity index is 1470. The number of hydrogen-bond acceptors (Lipinski definition) is 7. The van der Waals surface area contributed by atoms with Crippen molar-refractivity contribution in [2.75, 3.05) is 31.1 Å². The van der Waals surface area contributed by atoms with E-state index in [1.165, 1.54) is 6.33 Å². The molecule has 1 atom stereocenters. The van der Waals surface area contributed by atoms with Gasteiger partial charge in [-0.05, 0) is 37.1 Å². The van der Waals surface area contributed by atoms with Crippen molar-refractivity contribution in [1.82, 2.24) is 24.8 Å². The molecule has 4 aromatic rings. The van der Waals surface area contributed by atoms with E-state index >= 15 is 0 Å². The standard InChI is InChI=1S/C24H24F3N7OS/c25-24(26,27)9-18-32-19-21(29-13-30-22(19)36-18)34-6-4-23(12-34)3-5-33(11-23)10-14-1-2-15-8-17(20(28)35)31-16(15)7-14/h1-2,7-8,13,31H,3-6,9-12H2,(H2,28,35)/t23-/m1/s1. The Hall–Kier alpha value is -3.25. The summed E-state index contributed by atoms with van der Waals surface area (Å²) in [6.45, 7) is 4.28.